The monoisotopic (exact) mass is 602 g/mol. The molecule has 0 aromatic carbocycles. The van der Waals surface area contributed by atoms with Crippen LogP contribution in [0.25, 0.3) is 0 Å². The molecule has 9 N–H and O–H groups in total. The van der Waals surface area contributed by atoms with Gasteiger partial charge in [0.1, 0.15) is 17.8 Å². The Bertz CT molecular complexity index is 1020. The minimum Gasteiger partial charge on any atom is -0.444 e. The van der Waals surface area contributed by atoms with E-state index in [1.165, 1.54) is 0 Å². The third-order valence-corrected chi connectivity index (χ3v) is 4.94. The van der Waals surface area contributed by atoms with Gasteiger partial charge in [-0.15, -0.1) is 0 Å². The van der Waals surface area contributed by atoms with Gasteiger partial charge in [-0.2, -0.15) is 0 Å². The van der Waals surface area contributed by atoms with Crippen LogP contribution in [0, 0.1) is 0 Å². The van der Waals surface area contributed by atoms with Crippen LogP contribution in [0.5, 0.6) is 0 Å². The lowest BCUT2D eigenvalue weighted by Gasteiger charge is -2.23. The number of oxime groups is 1. The third-order valence-electron chi connectivity index (χ3n) is 4.66. The Morgan fingerprint density at radius 2 is 1.39 bits per heavy atom. The van der Waals surface area contributed by atoms with E-state index >= 15 is 0 Å². The molecule has 0 saturated carbocycles. The first-order chi connectivity index (χ1) is 19.0. The summed E-state index contributed by atoms with van der Waals surface area (Å²) in [6, 6.07) is 0. The van der Waals surface area contributed by atoms with Crippen molar-refractivity contribution < 1.29 is 28.7 Å². The molecule has 41 heavy (non-hydrogen) atoms. The third kappa shape index (κ3) is 16.2. The molecular formula is C24H43ClN10O6. The van der Waals surface area contributed by atoms with E-state index in [2.05, 4.69) is 36.0 Å². The van der Waals surface area contributed by atoms with Gasteiger partial charge in [-0.05, 0) is 72.6 Å². The lowest BCUT2D eigenvalue weighted by molar-refractivity contribution is 0.0516. The van der Waals surface area contributed by atoms with E-state index in [4.69, 9.17) is 43.1 Å². The number of anilines is 2. The van der Waals surface area contributed by atoms with Crippen LogP contribution in [0.1, 0.15) is 64.9 Å². The Hall–Kier alpha value is -3.79. The smallest absolute Gasteiger partial charge is 0.407 e. The second-order valence-corrected chi connectivity index (χ2v) is 11.2. The molecule has 16 nitrogen and oxygen atoms in total. The predicted molar refractivity (Wildman–Crippen MR) is 155 cm³/mol. The molecule has 1 rings (SSSR count). The first kappa shape index (κ1) is 35.2. The molecule has 1 heterocycles. The van der Waals surface area contributed by atoms with Crippen molar-refractivity contribution in [2.45, 2.75) is 65.6 Å². The summed E-state index contributed by atoms with van der Waals surface area (Å²) in [6.07, 6.45) is 0.282. The number of aromatic nitrogens is 2. The van der Waals surface area contributed by atoms with E-state index in [-0.39, 0.29) is 35.0 Å². The quantitative estimate of drug-likeness (QED) is 0.0813. The van der Waals surface area contributed by atoms with Crippen LogP contribution in [0.4, 0.5) is 21.2 Å². The molecule has 232 valence electrons. The van der Waals surface area contributed by atoms with E-state index in [0.29, 0.717) is 45.6 Å². The predicted octanol–water partition coefficient (Wildman–Crippen LogP) is 1.40. The Balaban J connectivity index is 2.58. The maximum Gasteiger partial charge on any atom is 0.407 e. The second-order valence-electron chi connectivity index (χ2n) is 10.8. The van der Waals surface area contributed by atoms with Crippen molar-refractivity contribution in [2.24, 2.45) is 10.9 Å². The Morgan fingerprint density at radius 3 is 1.88 bits per heavy atom. The number of carbonyl (C=O) groups excluding carboxylic acids is 3. The van der Waals surface area contributed by atoms with E-state index in [1.54, 1.807) is 41.5 Å². The van der Waals surface area contributed by atoms with Crippen LogP contribution in [-0.4, -0.2) is 89.5 Å². The standard InChI is InChI=1S/C24H43ClN10O6/c1-23(2,3)40-21(37)29-9-7-11-35(12-8-10-30-22(38)41-24(4,5)6)13-14-39-34-20(28)33-19(36)15-17(26)32-18(27)16(25)31-15/h7-14H2,1-6H3,(H,29,37)(H,30,38)(H4,26,27,32)(H3,28,33,34,36). The first-order valence-corrected chi connectivity index (χ1v) is 13.4. The van der Waals surface area contributed by atoms with Gasteiger partial charge in [-0.25, -0.2) is 19.6 Å². The largest absolute Gasteiger partial charge is 0.444 e. The fourth-order valence-electron chi connectivity index (χ4n) is 3.04. The van der Waals surface area contributed by atoms with E-state index in [9.17, 15) is 14.4 Å². The van der Waals surface area contributed by atoms with Gasteiger partial charge in [0.05, 0.1) is 0 Å². The molecule has 3 amide bonds. The molecule has 0 radical (unpaired) electrons. The molecule has 0 atom stereocenters. The minimum atomic E-state index is -0.793. The summed E-state index contributed by atoms with van der Waals surface area (Å²) in [5, 5.41) is 11.2. The van der Waals surface area contributed by atoms with E-state index in [1.807, 2.05) is 0 Å². The van der Waals surface area contributed by atoms with Crippen LogP contribution in [0.2, 0.25) is 5.15 Å². The average molecular weight is 603 g/mol. The number of halogens is 1. The van der Waals surface area contributed by atoms with Crippen molar-refractivity contribution in [3.8, 4) is 0 Å². The van der Waals surface area contributed by atoms with Crippen LogP contribution in [0.3, 0.4) is 0 Å². The Labute approximate surface area is 245 Å². The molecular weight excluding hydrogens is 560 g/mol. The zero-order valence-electron chi connectivity index (χ0n) is 24.5. The average Bonchev–Trinajstić information content (AvgIpc) is 2.81. The molecule has 0 aliphatic rings. The molecule has 1 aromatic rings. The Morgan fingerprint density at radius 1 is 0.878 bits per heavy atom. The summed E-state index contributed by atoms with van der Waals surface area (Å²) in [6.45, 7) is 13.3. The number of hydrogen-bond donors (Lipinski definition) is 6. The summed E-state index contributed by atoms with van der Waals surface area (Å²) < 4.78 is 10.5. The summed E-state index contributed by atoms with van der Waals surface area (Å²) in [7, 11) is 0. The SMILES string of the molecule is CC(C)(C)OC(=O)NCCCN(CCCNC(=O)OC(C)(C)C)CCON=C(N)NC(=O)c1nc(Cl)c(N)nc1N. The maximum absolute atomic E-state index is 12.3. The number of nitrogens with two attached hydrogens (primary N) is 3. The number of ether oxygens (including phenoxy) is 2. The minimum absolute atomic E-state index is 0.114. The van der Waals surface area contributed by atoms with Gasteiger partial charge in [0.25, 0.3) is 5.91 Å². The number of carbonyl (C=O) groups is 3. The highest BCUT2D eigenvalue weighted by Gasteiger charge is 2.18. The van der Waals surface area contributed by atoms with Crippen molar-refractivity contribution in [3.63, 3.8) is 0 Å². The van der Waals surface area contributed by atoms with Crippen molar-refractivity contribution in [1.82, 2.24) is 30.8 Å². The van der Waals surface area contributed by atoms with Crippen LogP contribution in [-0.2, 0) is 14.3 Å². The van der Waals surface area contributed by atoms with Gasteiger partial charge in [-0.3, -0.25) is 15.0 Å². The van der Waals surface area contributed by atoms with Gasteiger partial charge >= 0.3 is 12.2 Å². The number of nitrogen functional groups attached to an aromatic ring is 2. The molecule has 0 bridgehead atoms. The fourth-order valence-corrected chi connectivity index (χ4v) is 3.17. The highest BCUT2D eigenvalue weighted by Crippen LogP contribution is 2.17. The van der Waals surface area contributed by atoms with Gasteiger partial charge in [0.15, 0.2) is 22.5 Å². The first-order valence-electron chi connectivity index (χ1n) is 13.0. The molecule has 1 aromatic heterocycles. The summed E-state index contributed by atoms with van der Waals surface area (Å²) in [5.74, 6) is -1.47. The van der Waals surface area contributed by atoms with Crippen molar-refractivity contribution >= 4 is 47.3 Å². The van der Waals surface area contributed by atoms with Gasteiger partial charge in [0, 0.05) is 19.6 Å². The zero-order chi connectivity index (χ0) is 31.2. The van der Waals surface area contributed by atoms with Crippen LogP contribution < -0.4 is 33.2 Å². The highest BCUT2D eigenvalue weighted by atomic mass is 35.5. The van der Waals surface area contributed by atoms with Crippen molar-refractivity contribution in [3.05, 3.63) is 10.8 Å². The Kier molecular flexibility index (Phi) is 14.2. The molecule has 0 unspecified atom stereocenters. The molecule has 0 fully saturated rings. The number of alkyl carbamates (subject to hydrolysis) is 2. The molecule has 0 aliphatic carbocycles. The lowest BCUT2D eigenvalue weighted by atomic mass is 10.2. The molecule has 17 heteroatoms. The number of nitrogens with one attached hydrogen (secondary N) is 3. The summed E-state index contributed by atoms with van der Waals surface area (Å²) in [4.78, 5) is 50.9. The van der Waals surface area contributed by atoms with E-state index < -0.39 is 29.3 Å². The topological polar surface area (TPSA) is 234 Å². The number of guanidine groups is 1. The summed E-state index contributed by atoms with van der Waals surface area (Å²) in [5.41, 5.74) is 15.4. The van der Waals surface area contributed by atoms with Gasteiger partial charge in [-0.1, -0.05) is 11.6 Å². The lowest BCUT2D eigenvalue weighted by Crippen LogP contribution is -2.38. The van der Waals surface area contributed by atoms with Crippen LogP contribution >= 0.6 is 11.6 Å². The molecule has 0 spiro atoms. The van der Waals surface area contributed by atoms with Crippen LogP contribution in [0.15, 0.2) is 5.16 Å². The summed E-state index contributed by atoms with van der Waals surface area (Å²) >= 11 is 5.79. The van der Waals surface area contributed by atoms with Crippen molar-refractivity contribution in [1.29, 1.82) is 0 Å². The van der Waals surface area contributed by atoms with Gasteiger partial charge in [0.2, 0.25) is 5.96 Å². The molecule has 0 aliphatic heterocycles. The number of amides is 3. The molecule has 0 saturated heterocycles. The zero-order valence-corrected chi connectivity index (χ0v) is 25.3. The number of nitrogens with zero attached hydrogens (tertiary/aromatic N) is 4. The van der Waals surface area contributed by atoms with Crippen molar-refractivity contribution in [2.75, 3.05) is 50.8 Å². The number of hydrogen-bond acceptors (Lipinski definition) is 12. The second kappa shape index (κ2) is 16.5. The number of rotatable bonds is 13. The highest BCUT2D eigenvalue weighted by molar-refractivity contribution is 6.31. The van der Waals surface area contributed by atoms with Gasteiger partial charge < -0.3 is 42.1 Å². The fraction of sp³-hybridized carbons (Fsp3) is 0.667. The maximum atomic E-state index is 12.3. The normalized spacial score (nSPS) is 12.0. The van der Waals surface area contributed by atoms with E-state index in [0.717, 1.165) is 0 Å².